The summed E-state index contributed by atoms with van der Waals surface area (Å²) in [5.74, 6) is -0.125. The molecule has 2 aromatic rings. The molecule has 1 fully saturated rings. The van der Waals surface area contributed by atoms with Crippen molar-refractivity contribution in [1.82, 2.24) is 9.88 Å². The third kappa shape index (κ3) is 3.79. The molecule has 3 rings (SSSR count). The summed E-state index contributed by atoms with van der Waals surface area (Å²) in [4.78, 5) is 6.11. The monoisotopic (exact) mass is 286 g/mol. The van der Waals surface area contributed by atoms with Gasteiger partial charge in [0.25, 0.3) is 0 Å². The first-order valence-electron chi connectivity index (χ1n) is 7.26. The molecule has 0 radical (unpaired) electrons. The Labute approximate surface area is 124 Å². The van der Waals surface area contributed by atoms with E-state index in [4.69, 9.17) is 4.74 Å². The van der Waals surface area contributed by atoms with Crippen LogP contribution >= 0.6 is 0 Å². The number of hydrogen-bond acceptors (Lipinski definition) is 3. The quantitative estimate of drug-likeness (QED) is 0.807. The van der Waals surface area contributed by atoms with Crippen LogP contribution < -0.4 is 4.74 Å². The van der Waals surface area contributed by atoms with E-state index in [0.717, 1.165) is 26.1 Å². The lowest BCUT2D eigenvalue weighted by Crippen LogP contribution is -2.24. The molecular formula is C17H19FN2O. The van der Waals surface area contributed by atoms with Crippen LogP contribution in [0.3, 0.4) is 0 Å². The van der Waals surface area contributed by atoms with Gasteiger partial charge >= 0.3 is 0 Å². The summed E-state index contributed by atoms with van der Waals surface area (Å²) in [6.45, 7) is 4.88. The molecule has 0 spiro atoms. The van der Waals surface area contributed by atoms with Gasteiger partial charge < -0.3 is 4.74 Å². The van der Waals surface area contributed by atoms with Gasteiger partial charge in [-0.15, -0.1) is 0 Å². The molecule has 0 aliphatic carbocycles. The molecular weight excluding hydrogens is 267 g/mol. The molecule has 0 N–H and O–H groups in total. The fourth-order valence-corrected chi connectivity index (χ4v) is 2.73. The number of rotatable bonds is 4. The Morgan fingerprint density at radius 2 is 2.14 bits per heavy atom. The lowest BCUT2D eigenvalue weighted by molar-refractivity contribution is 0.189. The summed E-state index contributed by atoms with van der Waals surface area (Å²) >= 11 is 0. The summed E-state index contributed by atoms with van der Waals surface area (Å²) in [6, 6.07) is 13.2. The normalized spacial score (nSPS) is 18.9. The van der Waals surface area contributed by atoms with E-state index in [9.17, 15) is 4.39 Å². The molecule has 21 heavy (non-hydrogen) atoms. The van der Waals surface area contributed by atoms with Crippen LogP contribution in [-0.2, 0) is 6.54 Å². The van der Waals surface area contributed by atoms with Crippen LogP contribution in [0.1, 0.15) is 17.5 Å². The fraction of sp³-hybridized carbons (Fsp3) is 0.353. The second kappa shape index (κ2) is 6.22. The van der Waals surface area contributed by atoms with E-state index in [2.05, 4.69) is 41.1 Å². The molecule has 0 bridgehead atoms. The highest BCUT2D eigenvalue weighted by Gasteiger charge is 2.24. The van der Waals surface area contributed by atoms with E-state index in [0.29, 0.717) is 5.88 Å². The fourth-order valence-electron chi connectivity index (χ4n) is 2.73. The van der Waals surface area contributed by atoms with E-state index >= 15 is 0 Å². The lowest BCUT2D eigenvalue weighted by atomic mass is 10.1. The Kier molecular flexibility index (Phi) is 4.15. The van der Waals surface area contributed by atoms with Crippen molar-refractivity contribution in [2.75, 3.05) is 13.1 Å². The molecule has 110 valence electrons. The van der Waals surface area contributed by atoms with Gasteiger partial charge in [0.05, 0.1) is 0 Å². The third-order valence-corrected chi connectivity index (χ3v) is 3.69. The van der Waals surface area contributed by atoms with Crippen LogP contribution in [-0.4, -0.2) is 29.1 Å². The summed E-state index contributed by atoms with van der Waals surface area (Å²) < 4.78 is 18.8. The van der Waals surface area contributed by atoms with E-state index < -0.39 is 5.95 Å². The van der Waals surface area contributed by atoms with Crippen molar-refractivity contribution in [2.24, 2.45) is 0 Å². The molecule has 1 atom stereocenters. The highest BCUT2D eigenvalue weighted by atomic mass is 19.1. The number of ether oxygens (including phenoxy) is 1. The number of hydrogen-bond donors (Lipinski definition) is 0. The van der Waals surface area contributed by atoms with Crippen LogP contribution in [0.25, 0.3) is 0 Å². The first-order chi connectivity index (χ1) is 10.2. The highest BCUT2D eigenvalue weighted by Crippen LogP contribution is 2.19. The molecule has 0 saturated carbocycles. The van der Waals surface area contributed by atoms with E-state index in [1.54, 1.807) is 12.1 Å². The summed E-state index contributed by atoms with van der Waals surface area (Å²) in [5.41, 5.74) is 2.60. The van der Waals surface area contributed by atoms with Gasteiger partial charge in [0.1, 0.15) is 6.10 Å². The van der Waals surface area contributed by atoms with Gasteiger partial charge in [-0.25, -0.2) is 0 Å². The predicted octanol–water partition coefficient (Wildman–Crippen LogP) is 3.18. The van der Waals surface area contributed by atoms with Crippen LogP contribution in [0.15, 0.2) is 42.5 Å². The van der Waals surface area contributed by atoms with Crippen LogP contribution in [0.4, 0.5) is 4.39 Å². The maximum absolute atomic E-state index is 13.0. The van der Waals surface area contributed by atoms with Crippen molar-refractivity contribution in [1.29, 1.82) is 0 Å². The minimum atomic E-state index is -0.498. The Morgan fingerprint density at radius 1 is 1.29 bits per heavy atom. The minimum Gasteiger partial charge on any atom is -0.473 e. The predicted molar refractivity (Wildman–Crippen MR) is 79.7 cm³/mol. The van der Waals surface area contributed by atoms with Gasteiger partial charge in [-0.2, -0.15) is 9.37 Å². The van der Waals surface area contributed by atoms with E-state index in [1.165, 1.54) is 17.2 Å². The zero-order valence-electron chi connectivity index (χ0n) is 12.1. The number of aryl methyl sites for hydroxylation is 1. The highest BCUT2D eigenvalue weighted by molar-refractivity contribution is 5.22. The Hall–Kier alpha value is -1.94. The zero-order chi connectivity index (χ0) is 14.7. The van der Waals surface area contributed by atoms with E-state index in [-0.39, 0.29) is 6.10 Å². The molecule has 1 saturated heterocycles. The first-order valence-corrected chi connectivity index (χ1v) is 7.26. The van der Waals surface area contributed by atoms with Gasteiger partial charge in [0.2, 0.25) is 11.8 Å². The largest absolute Gasteiger partial charge is 0.473 e. The summed E-state index contributed by atoms with van der Waals surface area (Å²) in [6.07, 6.45) is 1.04. The van der Waals surface area contributed by atoms with Crippen molar-refractivity contribution in [3.8, 4) is 5.88 Å². The SMILES string of the molecule is Cc1cccc(CN2CCC(Oc3cccc(F)n3)C2)c1. The zero-order valence-corrected chi connectivity index (χ0v) is 12.1. The second-order valence-electron chi connectivity index (χ2n) is 5.55. The Morgan fingerprint density at radius 3 is 2.95 bits per heavy atom. The maximum Gasteiger partial charge on any atom is 0.216 e. The number of nitrogens with zero attached hydrogens (tertiary/aromatic N) is 2. The van der Waals surface area contributed by atoms with Crippen LogP contribution in [0, 0.1) is 12.9 Å². The lowest BCUT2D eigenvalue weighted by Gasteiger charge is -2.16. The Balaban J connectivity index is 1.56. The van der Waals surface area contributed by atoms with Crippen molar-refractivity contribution in [3.63, 3.8) is 0 Å². The number of pyridine rings is 1. The molecule has 1 aromatic heterocycles. The number of halogens is 1. The van der Waals surface area contributed by atoms with Crippen molar-refractivity contribution in [3.05, 3.63) is 59.5 Å². The maximum atomic E-state index is 13.0. The molecule has 1 aliphatic rings. The van der Waals surface area contributed by atoms with Crippen LogP contribution in [0.2, 0.25) is 0 Å². The van der Waals surface area contributed by atoms with Crippen molar-refractivity contribution >= 4 is 0 Å². The third-order valence-electron chi connectivity index (χ3n) is 3.69. The molecule has 1 unspecified atom stereocenters. The topological polar surface area (TPSA) is 25.4 Å². The average Bonchev–Trinajstić information content (AvgIpc) is 2.86. The number of likely N-dealkylation sites (tertiary alicyclic amines) is 1. The Bertz CT molecular complexity index is 564. The summed E-state index contributed by atoms with van der Waals surface area (Å²) in [7, 11) is 0. The van der Waals surface area contributed by atoms with Gasteiger partial charge in [-0.05, 0) is 25.0 Å². The van der Waals surface area contributed by atoms with E-state index in [1.807, 2.05) is 0 Å². The molecule has 2 heterocycles. The molecule has 3 nitrogen and oxygen atoms in total. The number of aromatic nitrogens is 1. The molecule has 0 amide bonds. The molecule has 4 heteroatoms. The van der Waals surface area contributed by atoms with Gasteiger partial charge in [0.15, 0.2) is 0 Å². The van der Waals surface area contributed by atoms with Gasteiger partial charge in [0, 0.05) is 25.7 Å². The van der Waals surface area contributed by atoms with Crippen LogP contribution in [0.5, 0.6) is 5.88 Å². The minimum absolute atomic E-state index is 0.0871. The number of benzene rings is 1. The second-order valence-corrected chi connectivity index (χ2v) is 5.55. The smallest absolute Gasteiger partial charge is 0.216 e. The average molecular weight is 286 g/mol. The molecule has 1 aliphatic heterocycles. The van der Waals surface area contributed by atoms with Crippen molar-refractivity contribution < 1.29 is 9.13 Å². The van der Waals surface area contributed by atoms with Gasteiger partial charge in [-0.1, -0.05) is 35.9 Å². The van der Waals surface area contributed by atoms with Crippen molar-refractivity contribution in [2.45, 2.75) is 26.0 Å². The summed E-state index contributed by atoms with van der Waals surface area (Å²) in [5, 5.41) is 0. The first kappa shape index (κ1) is 14.0. The molecule has 1 aromatic carbocycles. The van der Waals surface area contributed by atoms with Gasteiger partial charge in [-0.3, -0.25) is 4.90 Å². The standard InChI is InChI=1S/C17H19FN2O/c1-13-4-2-5-14(10-13)11-20-9-8-15(12-20)21-17-7-3-6-16(18)19-17/h2-7,10,15H,8-9,11-12H2,1H3.